The molecule has 0 atom stereocenters. The van der Waals surface area contributed by atoms with Crippen molar-refractivity contribution in [1.29, 1.82) is 5.26 Å². The molecule has 0 aliphatic carbocycles. The van der Waals surface area contributed by atoms with Crippen LogP contribution in [0.2, 0.25) is 0 Å². The Kier molecular flexibility index (Phi) is 4.91. The largest absolute Gasteiger partial charge is 0.321 e. The van der Waals surface area contributed by atoms with Gasteiger partial charge in [-0.15, -0.1) is 0 Å². The highest BCUT2D eigenvalue weighted by atomic mass is 127. The van der Waals surface area contributed by atoms with Crippen LogP contribution in [0.3, 0.4) is 0 Å². The van der Waals surface area contributed by atoms with Crippen LogP contribution in [-0.2, 0) is 4.79 Å². The predicted molar refractivity (Wildman–Crippen MR) is 87.8 cm³/mol. The molecule has 3 nitrogen and oxygen atoms in total. The standard InChI is InChI=1S/C16H11IN2O/c17-15-9-5-4-6-12(15)10-13(11-18)16(20)19-14-7-2-1-3-8-14/h1-10H,(H,19,20)/b13-10-. The van der Waals surface area contributed by atoms with E-state index in [1.165, 1.54) is 0 Å². The summed E-state index contributed by atoms with van der Waals surface area (Å²) in [6.45, 7) is 0. The van der Waals surface area contributed by atoms with Gasteiger partial charge in [0.2, 0.25) is 0 Å². The van der Waals surface area contributed by atoms with Gasteiger partial charge in [0.15, 0.2) is 0 Å². The molecule has 0 aliphatic rings. The van der Waals surface area contributed by atoms with Gasteiger partial charge in [0.25, 0.3) is 5.91 Å². The molecule has 0 radical (unpaired) electrons. The van der Waals surface area contributed by atoms with Crippen molar-refractivity contribution in [3.8, 4) is 6.07 Å². The van der Waals surface area contributed by atoms with Crippen LogP contribution in [0.5, 0.6) is 0 Å². The molecule has 0 unspecified atom stereocenters. The fourth-order valence-corrected chi connectivity index (χ4v) is 2.16. The quantitative estimate of drug-likeness (QED) is 0.504. The van der Waals surface area contributed by atoms with Gasteiger partial charge < -0.3 is 5.32 Å². The normalized spacial score (nSPS) is 10.7. The first-order chi connectivity index (χ1) is 9.70. The van der Waals surface area contributed by atoms with Crippen LogP contribution >= 0.6 is 22.6 Å². The molecule has 2 aromatic carbocycles. The molecule has 1 amide bonds. The molecule has 20 heavy (non-hydrogen) atoms. The highest BCUT2D eigenvalue weighted by Crippen LogP contribution is 2.16. The van der Waals surface area contributed by atoms with Gasteiger partial charge in [0.1, 0.15) is 11.6 Å². The molecule has 0 fully saturated rings. The summed E-state index contributed by atoms with van der Waals surface area (Å²) in [6.07, 6.45) is 1.60. The number of para-hydroxylation sites is 1. The lowest BCUT2D eigenvalue weighted by Crippen LogP contribution is -2.13. The van der Waals surface area contributed by atoms with E-state index in [9.17, 15) is 4.79 Å². The average molecular weight is 374 g/mol. The number of carbonyl (C=O) groups is 1. The van der Waals surface area contributed by atoms with Crippen molar-refractivity contribution in [2.75, 3.05) is 5.32 Å². The van der Waals surface area contributed by atoms with Crippen molar-refractivity contribution in [2.24, 2.45) is 0 Å². The molecular formula is C16H11IN2O. The van der Waals surface area contributed by atoms with Gasteiger partial charge in [-0.25, -0.2) is 0 Å². The first-order valence-electron chi connectivity index (χ1n) is 5.93. The highest BCUT2D eigenvalue weighted by molar-refractivity contribution is 14.1. The van der Waals surface area contributed by atoms with Crippen molar-refractivity contribution in [1.82, 2.24) is 0 Å². The number of hydrogen-bond acceptors (Lipinski definition) is 2. The van der Waals surface area contributed by atoms with Crippen molar-refractivity contribution in [3.63, 3.8) is 0 Å². The van der Waals surface area contributed by atoms with Crippen LogP contribution in [0, 0.1) is 14.9 Å². The van der Waals surface area contributed by atoms with E-state index in [0.29, 0.717) is 5.69 Å². The Morgan fingerprint density at radius 1 is 1.10 bits per heavy atom. The number of nitrogens with one attached hydrogen (secondary N) is 1. The third kappa shape index (κ3) is 3.68. The zero-order valence-electron chi connectivity index (χ0n) is 10.5. The van der Waals surface area contributed by atoms with E-state index >= 15 is 0 Å². The van der Waals surface area contributed by atoms with Crippen molar-refractivity contribution < 1.29 is 4.79 Å². The van der Waals surface area contributed by atoms with Crippen molar-refractivity contribution in [3.05, 3.63) is 69.3 Å². The summed E-state index contributed by atoms with van der Waals surface area (Å²) in [5, 5.41) is 11.8. The van der Waals surface area contributed by atoms with E-state index in [-0.39, 0.29) is 5.57 Å². The van der Waals surface area contributed by atoms with Gasteiger partial charge in [-0.1, -0.05) is 36.4 Å². The van der Waals surface area contributed by atoms with Gasteiger partial charge in [0.05, 0.1) is 0 Å². The number of hydrogen-bond donors (Lipinski definition) is 1. The Bertz CT molecular complexity index is 687. The smallest absolute Gasteiger partial charge is 0.266 e. The summed E-state index contributed by atoms with van der Waals surface area (Å²) in [5.74, 6) is -0.404. The number of carbonyl (C=O) groups excluding carboxylic acids is 1. The van der Waals surface area contributed by atoms with Crippen LogP contribution in [-0.4, -0.2) is 5.91 Å². The zero-order valence-corrected chi connectivity index (χ0v) is 12.7. The minimum absolute atomic E-state index is 0.0815. The number of amides is 1. The molecule has 0 aromatic heterocycles. The molecule has 98 valence electrons. The predicted octanol–water partition coefficient (Wildman–Crippen LogP) is 3.84. The third-order valence-electron chi connectivity index (χ3n) is 2.60. The van der Waals surface area contributed by atoms with Gasteiger partial charge >= 0.3 is 0 Å². The topological polar surface area (TPSA) is 52.9 Å². The van der Waals surface area contributed by atoms with Crippen LogP contribution in [0.1, 0.15) is 5.56 Å². The first-order valence-corrected chi connectivity index (χ1v) is 7.01. The zero-order chi connectivity index (χ0) is 14.4. The summed E-state index contributed by atoms with van der Waals surface area (Å²) >= 11 is 2.17. The third-order valence-corrected chi connectivity index (χ3v) is 3.58. The van der Waals surface area contributed by atoms with Gasteiger partial charge in [-0.05, 0) is 52.4 Å². The molecular weight excluding hydrogens is 363 g/mol. The minimum Gasteiger partial charge on any atom is -0.321 e. The van der Waals surface area contributed by atoms with Crippen LogP contribution in [0.25, 0.3) is 6.08 Å². The lowest BCUT2D eigenvalue weighted by molar-refractivity contribution is -0.112. The summed E-state index contributed by atoms with van der Waals surface area (Å²) in [5.41, 5.74) is 1.60. The van der Waals surface area contributed by atoms with Crippen LogP contribution < -0.4 is 5.32 Å². The molecule has 0 saturated carbocycles. The lowest BCUT2D eigenvalue weighted by Gasteiger charge is -2.04. The van der Waals surface area contributed by atoms with E-state index < -0.39 is 5.91 Å². The highest BCUT2D eigenvalue weighted by Gasteiger charge is 2.09. The number of halogens is 1. The lowest BCUT2D eigenvalue weighted by atomic mass is 10.1. The molecule has 4 heteroatoms. The average Bonchev–Trinajstić information content (AvgIpc) is 2.47. The number of rotatable bonds is 3. The monoisotopic (exact) mass is 374 g/mol. The van der Waals surface area contributed by atoms with Gasteiger partial charge in [-0.2, -0.15) is 5.26 Å². The maximum atomic E-state index is 12.1. The number of nitriles is 1. The molecule has 0 aliphatic heterocycles. The Morgan fingerprint density at radius 3 is 2.40 bits per heavy atom. The first kappa shape index (κ1) is 14.3. The second-order valence-electron chi connectivity index (χ2n) is 4.01. The summed E-state index contributed by atoms with van der Waals surface area (Å²) in [4.78, 5) is 12.1. The number of anilines is 1. The van der Waals surface area contributed by atoms with Gasteiger partial charge in [-0.3, -0.25) is 4.79 Å². The summed E-state index contributed by atoms with van der Waals surface area (Å²) in [6, 6.07) is 18.6. The number of benzene rings is 2. The molecule has 2 rings (SSSR count). The van der Waals surface area contributed by atoms with Crippen molar-refractivity contribution in [2.45, 2.75) is 0 Å². The second kappa shape index (κ2) is 6.87. The fraction of sp³-hybridized carbons (Fsp3) is 0. The maximum Gasteiger partial charge on any atom is 0.266 e. The fourth-order valence-electron chi connectivity index (χ4n) is 1.62. The minimum atomic E-state index is -0.404. The molecule has 0 bridgehead atoms. The molecule has 1 N–H and O–H groups in total. The van der Waals surface area contributed by atoms with E-state index in [4.69, 9.17) is 5.26 Å². The maximum absolute atomic E-state index is 12.1. The number of nitrogens with zero attached hydrogens (tertiary/aromatic N) is 1. The van der Waals surface area contributed by atoms with E-state index in [2.05, 4.69) is 27.9 Å². The van der Waals surface area contributed by atoms with Crippen LogP contribution in [0.4, 0.5) is 5.69 Å². The molecule has 2 aromatic rings. The summed E-state index contributed by atoms with van der Waals surface area (Å²) < 4.78 is 0.991. The van der Waals surface area contributed by atoms with E-state index in [1.54, 1.807) is 18.2 Å². The Balaban J connectivity index is 2.23. The van der Waals surface area contributed by atoms with Gasteiger partial charge in [0, 0.05) is 9.26 Å². The molecule has 0 saturated heterocycles. The Labute approximate surface area is 131 Å². The Morgan fingerprint density at radius 2 is 1.75 bits per heavy atom. The SMILES string of the molecule is N#C/C(=C/c1ccccc1I)C(=O)Nc1ccccc1. The van der Waals surface area contributed by atoms with Crippen LogP contribution in [0.15, 0.2) is 60.2 Å². The summed E-state index contributed by atoms with van der Waals surface area (Å²) in [7, 11) is 0. The molecule has 0 spiro atoms. The van der Waals surface area contributed by atoms with Crippen molar-refractivity contribution >= 4 is 40.3 Å². The molecule has 0 heterocycles. The van der Waals surface area contributed by atoms with E-state index in [1.807, 2.05) is 48.5 Å². The second-order valence-corrected chi connectivity index (χ2v) is 5.17. The van der Waals surface area contributed by atoms with E-state index in [0.717, 1.165) is 9.13 Å². The Hall–Kier alpha value is -2.13.